The molecule has 142 valence electrons. The Labute approximate surface area is 159 Å². The fraction of sp³-hybridized carbons (Fsp3) is 0.190. The Bertz CT molecular complexity index is 1330. The quantitative estimate of drug-likeness (QED) is 0.554. The van der Waals surface area contributed by atoms with Crippen molar-refractivity contribution in [3.63, 3.8) is 0 Å². The summed E-state index contributed by atoms with van der Waals surface area (Å²) in [4.78, 5) is 36.4. The van der Waals surface area contributed by atoms with E-state index in [2.05, 4.69) is 5.32 Å². The van der Waals surface area contributed by atoms with Crippen molar-refractivity contribution >= 4 is 33.6 Å². The molecule has 7 nitrogen and oxygen atoms in total. The molecule has 0 radical (unpaired) electrons. The van der Waals surface area contributed by atoms with Crippen LogP contribution in [0.15, 0.2) is 62.5 Å². The van der Waals surface area contributed by atoms with Crippen LogP contribution in [0.5, 0.6) is 0 Å². The third-order valence-corrected chi connectivity index (χ3v) is 4.85. The molecule has 0 aliphatic heterocycles. The zero-order valence-electron chi connectivity index (χ0n) is 15.6. The van der Waals surface area contributed by atoms with Crippen LogP contribution in [0, 0.1) is 6.92 Å². The van der Waals surface area contributed by atoms with E-state index in [1.54, 1.807) is 34.4 Å². The Morgan fingerprint density at radius 3 is 2.61 bits per heavy atom. The van der Waals surface area contributed by atoms with Crippen LogP contribution in [-0.2, 0) is 18.4 Å². The molecule has 1 N–H and O–H groups in total. The largest absolute Gasteiger partial charge is 0.423 e. The van der Waals surface area contributed by atoms with Gasteiger partial charge in [-0.05, 0) is 36.8 Å². The summed E-state index contributed by atoms with van der Waals surface area (Å²) >= 11 is 0. The van der Waals surface area contributed by atoms with Gasteiger partial charge in [-0.3, -0.25) is 13.9 Å². The van der Waals surface area contributed by atoms with E-state index in [0.717, 1.165) is 22.0 Å². The van der Waals surface area contributed by atoms with Gasteiger partial charge in [0.05, 0.1) is 11.0 Å². The summed E-state index contributed by atoms with van der Waals surface area (Å²) in [5.41, 5.74) is 2.82. The van der Waals surface area contributed by atoms with Gasteiger partial charge in [0.25, 0.3) is 0 Å². The highest BCUT2D eigenvalue weighted by molar-refractivity contribution is 5.93. The molecule has 4 aromatic rings. The number of carbonyl (C=O) groups is 1. The number of fused-ring (bicyclic) bond motifs is 2. The van der Waals surface area contributed by atoms with E-state index in [0.29, 0.717) is 11.3 Å². The van der Waals surface area contributed by atoms with E-state index in [4.69, 9.17) is 4.42 Å². The average molecular weight is 377 g/mol. The summed E-state index contributed by atoms with van der Waals surface area (Å²) in [5, 5.41) is 3.61. The first-order chi connectivity index (χ1) is 13.4. The number of hydrogen-bond acceptors (Lipinski definition) is 4. The summed E-state index contributed by atoms with van der Waals surface area (Å²) in [6, 6.07) is 14.1. The van der Waals surface area contributed by atoms with Crippen molar-refractivity contribution in [2.45, 2.75) is 19.9 Å². The number of benzene rings is 2. The number of aromatic nitrogens is 2. The Morgan fingerprint density at radius 1 is 1.07 bits per heavy atom. The summed E-state index contributed by atoms with van der Waals surface area (Å²) in [6.45, 7) is 2.10. The molecule has 0 unspecified atom stereocenters. The molecule has 0 aliphatic carbocycles. The lowest BCUT2D eigenvalue weighted by Crippen LogP contribution is -2.24. The molecule has 0 fully saturated rings. The van der Waals surface area contributed by atoms with Crippen molar-refractivity contribution in [3.05, 3.63) is 75.0 Å². The normalized spacial score (nSPS) is 11.2. The van der Waals surface area contributed by atoms with E-state index >= 15 is 0 Å². The lowest BCUT2D eigenvalue weighted by atomic mass is 10.1. The SMILES string of the molecule is Cc1cc(=O)oc2cc(NC(=O)CCn3c(=O)n(C)c4ccccc43)ccc12. The third kappa shape index (κ3) is 3.11. The molecule has 7 heteroatoms. The van der Waals surface area contributed by atoms with Crippen LogP contribution in [0.3, 0.4) is 0 Å². The first-order valence-electron chi connectivity index (χ1n) is 8.92. The first kappa shape index (κ1) is 17.8. The Morgan fingerprint density at radius 2 is 1.82 bits per heavy atom. The molecule has 0 bridgehead atoms. The molecule has 28 heavy (non-hydrogen) atoms. The molecule has 2 heterocycles. The van der Waals surface area contributed by atoms with Crippen LogP contribution in [0.4, 0.5) is 5.69 Å². The van der Waals surface area contributed by atoms with E-state index in [9.17, 15) is 14.4 Å². The first-order valence-corrected chi connectivity index (χ1v) is 8.92. The monoisotopic (exact) mass is 377 g/mol. The number of aryl methyl sites for hydroxylation is 3. The standard InChI is InChI=1S/C21H19N3O4/c1-13-11-20(26)28-18-12-14(7-8-15(13)18)22-19(25)9-10-24-17-6-4-3-5-16(17)23(2)21(24)27/h3-8,11-12H,9-10H2,1-2H3,(H,22,25). The van der Waals surface area contributed by atoms with Gasteiger partial charge < -0.3 is 9.73 Å². The smallest absolute Gasteiger partial charge is 0.336 e. The number of hydrogen-bond donors (Lipinski definition) is 1. The van der Waals surface area contributed by atoms with Gasteiger partial charge >= 0.3 is 11.3 Å². The van der Waals surface area contributed by atoms with Crippen LogP contribution in [0.1, 0.15) is 12.0 Å². The number of carbonyl (C=O) groups excluding carboxylic acids is 1. The Balaban J connectivity index is 1.53. The number of nitrogens with zero attached hydrogens (tertiary/aromatic N) is 2. The van der Waals surface area contributed by atoms with Crippen LogP contribution >= 0.6 is 0 Å². The van der Waals surface area contributed by atoms with Crippen LogP contribution in [0.25, 0.3) is 22.0 Å². The molecule has 0 saturated carbocycles. The van der Waals surface area contributed by atoms with Crippen molar-refractivity contribution in [1.82, 2.24) is 9.13 Å². The van der Waals surface area contributed by atoms with Crippen molar-refractivity contribution in [3.8, 4) is 0 Å². The molecule has 2 aromatic carbocycles. The minimum absolute atomic E-state index is 0.143. The molecular formula is C21H19N3O4. The Hall–Kier alpha value is -3.61. The number of nitrogens with one attached hydrogen (secondary N) is 1. The van der Waals surface area contributed by atoms with Gasteiger partial charge in [-0.1, -0.05) is 12.1 Å². The van der Waals surface area contributed by atoms with Gasteiger partial charge in [-0.25, -0.2) is 9.59 Å². The minimum atomic E-state index is -0.427. The molecule has 0 spiro atoms. The maximum atomic E-state index is 12.4. The highest BCUT2D eigenvalue weighted by atomic mass is 16.4. The lowest BCUT2D eigenvalue weighted by molar-refractivity contribution is -0.116. The zero-order chi connectivity index (χ0) is 19.8. The second kappa shape index (κ2) is 6.84. The number of para-hydroxylation sites is 2. The van der Waals surface area contributed by atoms with Gasteiger partial charge in [0, 0.05) is 43.2 Å². The summed E-state index contributed by atoms with van der Waals surface area (Å²) in [5.74, 6) is -0.228. The van der Waals surface area contributed by atoms with E-state index < -0.39 is 5.63 Å². The third-order valence-electron chi connectivity index (χ3n) is 4.85. The van der Waals surface area contributed by atoms with Crippen molar-refractivity contribution in [2.75, 3.05) is 5.32 Å². The van der Waals surface area contributed by atoms with Crippen molar-refractivity contribution in [1.29, 1.82) is 0 Å². The van der Waals surface area contributed by atoms with Gasteiger partial charge in [0.1, 0.15) is 5.58 Å². The molecule has 1 amide bonds. The van der Waals surface area contributed by atoms with Crippen LogP contribution < -0.4 is 16.6 Å². The summed E-state index contributed by atoms with van der Waals surface area (Å²) < 4.78 is 8.37. The number of anilines is 1. The zero-order valence-corrected chi connectivity index (χ0v) is 15.6. The maximum Gasteiger partial charge on any atom is 0.336 e. The van der Waals surface area contributed by atoms with Gasteiger partial charge in [-0.15, -0.1) is 0 Å². The lowest BCUT2D eigenvalue weighted by Gasteiger charge is -2.08. The average Bonchev–Trinajstić information content (AvgIpc) is 2.90. The molecular weight excluding hydrogens is 358 g/mol. The van der Waals surface area contributed by atoms with Gasteiger partial charge in [-0.2, -0.15) is 0 Å². The summed E-state index contributed by atoms with van der Waals surface area (Å²) in [7, 11) is 1.71. The second-order valence-corrected chi connectivity index (χ2v) is 6.74. The fourth-order valence-corrected chi connectivity index (χ4v) is 3.42. The number of amides is 1. The summed E-state index contributed by atoms with van der Waals surface area (Å²) in [6.07, 6.45) is 0.143. The second-order valence-electron chi connectivity index (χ2n) is 6.74. The molecule has 0 aliphatic rings. The number of rotatable bonds is 4. The van der Waals surface area contributed by atoms with Crippen LogP contribution in [-0.4, -0.2) is 15.0 Å². The minimum Gasteiger partial charge on any atom is -0.423 e. The number of imidazole rings is 1. The molecule has 2 aromatic heterocycles. The molecule has 0 atom stereocenters. The van der Waals surface area contributed by atoms with E-state index in [-0.39, 0.29) is 24.6 Å². The van der Waals surface area contributed by atoms with Crippen molar-refractivity contribution in [2.24, 2.45) is 7.05 Å². The van der Waals surface area contributed by atoms with E-state index in [1.165, 1.54) is 6.07 Å². The molecule has 4 rings (SSSR count). The van der Waals surface area contributed by atoms with Gasteiger partial charge in [0.15, 0.2) is 0 Å². The fourth-order valence-electron chi connectivity index (χ4n) is 3.42. The highest BCUT2D eigenvalue weighted by Crippen LogP contribution is 2.21. The van der Waals surface area contributed by atoms with E-state index in [1.807, 2.05) is 31.2 Å². The predicted molar refractivity (Wildman–Crippen MR) is 108 cm³/mol. The molecule has 0 saturated heterocycles. The highest BCUT2D eigenvalue weighted by Gasteiger charge is 2.12. The topological polar surface area (TPSA) is 86.2 Å². The Kier molecular flexibility index (Phi) is 4.35. The van der Waals surface area contributed by atoms with Crippen molar-refractivity contribution < 1.29 is 9.21 Å². The maximum absolute atomic E-state index is 12.4. The van der Waals surface area contributed by atoms with Gasteiger partial charge in [0.2, 0.25) is 5.91 Å². The predicted octanol–water partition coefficient (Wildman–Crippen LogP) is 2.78. The van der Waals surface area contributed by atoms with Crippen LogP contribution in [0.2, 0.25) is 0 Å².